The van der Waals surface area contributed by atoms with Gasteiger partial charge in [0.1, 0.15) is 11.6 Å². The van der Waals surface area contributed by atoms with Crippen molar-refractivity contribution in [2.75, 3.05) is 38.2 Å². The number of amides is 2. The molecule has 0 aliphatic carbocycles. The molecule has 2 amide bonds. The van der Waals surface area contributed by atoms with Gasteiger partial charge in [0.05, 0.1) is 12.8 Å². The normalized spacial score (nSPS) is 13.8. The number of hydrogen-bond donors (Lipinski definition) is 1. The molecular weight excluding hydrogens is 409 g/mol. The number of urea groups is 1. The molecule has 0 saturated carbocycles. The zero-order chi connectivity index (χ0) is 22.7. The van der Waals surface area contributed by atoms with Crippen molar-refractivity contribution < 1.29 is 18.7 Å². The maximum atomic E-state index is 14.4. The Hall–Kier alpha value is -3.61. The molecule has 0 bridgehead atoms. The van der Waals surface area contributed by atoms with E-state index in [0.29, 0.717) is 44.0 Å². The second-order valence-electron chi connectivity index (χ2n) is 7.90. The molecular formula is C25H26FN3O3. The fourth-order valence-corrected chi connectivity index (χ4v) is 3.93. The lowest BCUT2D eigenvalue weighted by Gasteiger charge is -2.36. The van der Waals surface area contributed by atoms with Crippen LogP contribution in [0.25, 0.3) is 10.8 Å². The number of ketones is 1. The van der Waals surface area contributed by atoms with E-state index in [1.807, 2.05) is 35.2 Å². The minimum absolute atomic E-state index is 0.133. The van der Waals surface area contributed by atoms with E-state index in [4.69, 9.17) is 4.74 Å². The van der Waals surface area contributed by atoms with E-state index >= 15 is 0 Å². The van der Waals surface area contributed by atoms with Crippen molar-refractivity contribution in [1.82, 2.24) is 10.2 Å². The number of benzene rings is 3. The molecule has 166 valence electrons. The summed E-state index contributed by atoms with van der Waals surface area (Å²) in [5.74, 6) is 0.236. The fourth-order valence-electron chi connectivity index (χ4n) is 3.93. The number of nitrogens with zero attached hydrogens (tertiary/aromatic N) is 2. The monoisotopic (exact) mass is 435 g/mol. The second-order valence-corrected chi connectivity index (χ2v) is 7.90. The van der Waals surface area contributed by atoms with Crippen molar-refractivity contribution in [3.63, 3.8) is 0 Å². The quantitative estimate of drug-likeness (QED) is 0.610. The van der Waals surface area contributed by atoms with Crippen LogP contribution in [0.2, 0.25) is 0 Å². The van der Waals surface area contributed by atoms with Crippen molar-refractivity contribution in [2.45, 2.75) is 13.5 Å². The van der Waals surface area contributed by atoms with E-state index < -0.39 is 5.82 Å². The molecule has 7 heteroatoms. The highest BCUT2D eigenvalue weighted by molar-refractivity contribution is 5.94. The Bertz CT molecular complexity index is 1160. The number of Topliss-reactive ketones (excluding diaryl/α,β-unsaturated/α-hetero) is 1. The molecule has 32 heavy (non-hydrogen) atoms. The Kier molecular flexibility index (Phi) is 6.25. The van der Waals surface area contributed by atoms with Crippen molar-refractivity contribution in [1.29, 1.82) is 0 Å². The first-order chi connectivity index (χ1) is 15.4. The number of methoxy groups -OCH3 is 1. The van der Waals surface area contributed by atoms with Gasteiger partial charge < -0.3 is 19.9 Å². The molecule has 4 rings (SSSR count). The summed E-state index contributed by atoms with van der Waals surface area (Å²) in [5.41, 5.74) is 1.84. The highest BCUT2D eigenvalue weighted by Gasteiger charge is 2.23. The average molecular weight is 435 g/mol. The number of rotatable bonds is 5. The van der Waals surface area contributed by atoms with Gasteiger partial charge in [-0.25, -0.2) is 9.18 Å². The zero-order valence-corrected chi connectivity index (χ0v) is 18.2. The summed E-state index contributed by atoms with van der Waals surface area (Å²) in [5, 5.41) is 5.14. The number of carbonyl (C=O) groups is 2. The maximum Gasteiger partial charge on any atom is 0.317 e. The van der Waals surface area contributed by atoms with E-state index in [1.165, 1.54) is 13.0 Å². The predicted molar refractivity (Wildman–Crippen MR) is 123 cm³/mol. The SMILES string of the molecule is COc1ccc2cc(CNC(=O)N3CCN(c4ccc(C(C)=O)cc4F)CC3)ccc2c1. The van der Waals surface area contributed by atoms with Gasteiger partial charge >= 0.3 is 6.03 Å². The maximum absolute atomic E-state index is 14.4. The lowest BCUT2D eigenvalue weighted by Crippen LogP contribution is -2.51. The van der Waals surface area contributed by atoms with Crippen LogP contribution in [-0.2, 0) is 6.54 Å². The van der Waals surface area contributed by atoms with Crippen LogP contribution in [0.5, 0.6) is 5.75 Å². The third-order valence-corrected chi connectivity index (χ3v) is 5.82. The first-order valence-corrected chi connectivity index (χ1v) is 10.6. The molecule has 0 atom stereocenters. The lowest BCUT2D eigenvalue weighted by molar-refractivity contribution is 0.101. The average Bonchev–Trinajstić information content (AvgIpc) is 2.82. The van der Waals surface area contributed by atoms with Crippen LogP contribution in [-0.4, -0.2) is 50.0 Å². The number of halogens is 1. The van der Waals surface area contributed by atoms with Crippen LogP contribution < -0.4 is 15.0 Å². The van der Waals surface area contributed by atoms with Gasteiger partial charge in [-0.15, -0.1) is 0 Å². The van der Waals surface area contributed by atoms with Gasteiger partial charge in [0.2, 0.25) is 0 Å². The number of hydrogen-bond acceptors (Lipinski definition) is 4. The van der Waals surface area contributed by atoms with Gasteiger partial charge in [0.25, 0.3) is 0 Å². The first kappa shape index (κ1) is 21.6. The smallest absolute Gasteiger partial charge is 0.317 e. The number of carbonyl (C=O) groups excluding carboxylic acids is 2. The summed E-state index contributed by atoms with van der Waals surface area (Å²) in [4.78, 5) is 27.7. The van der Waals surface area contributed by atoms with Crippen molar-refractivity contribution in [2.24, 2.45) is 0 Å². The van der Waals surface area contributed by atoms with E-state index in [2.05, 4.69) is 11.4 Å². The fraction of sp³-hybridized carbons (Fsp3) is 0.280. The molecule has 1 N–H and O–H groups in total. The topological polar surface area (TPSA) is 61.9 Å². The van der Waals surface area contributed by atoms with Crippen LogP contribution in [0.15, 0.2) is 54.6 Å². The molecule has 1 heterocycles. The van der Waals surface area contributed by atoms with Crippen molar-refractivity contribution in [3.05, 3.63) is 71.5 Å². The summed E-state index contributed by atoms with van der Waals surface area (Å²) in [6.07, 6.45) is 0. The van der Waals surface area contributed by atoms with E-state index in [-0.39, 0.29) is 11.8 Å². The molecule has 3 aromatic rings. The molecule has 0 radical (unpaired) electrons. The molecule has 0 spiro atoms. The molecule has 1 saturated heterocycles. The third-order valence-electron chi connectivity index (χ3n) is 5.82. The third kappa shape index (κ3) is 4.66. The van der Waals surface area contributed by atoms with Gasteiger partial charge in [-0.3, -0.25) is 4.79 Å². The van der Waals surface area contributed by atoms with E-state index in [1.54, 1.807) is 24.1 Å². The number of piperazine rings is 1. The summed E-state index contributed by atoms with van der Waals surface area (Å²) in [6.45, 7) is 3.90. The van der Waals surface area contributed by atoms with E-state index in [0.717, 1.165) is 22.1 Å². The molecule has 0 unspecified atom stereocenters. The number of ether oxygens (including phenoxy) is 1. The van der Waals surface area contributed by atoms with Gasteiger partial charge in [0, 0.05) is 38.3 Å². The second kappa shape index (κ2) is 9.26. The summed E-state index contributed by atoms with van der Waals surface area (Å²) in [6, 6.07) is 16.4. The Morgan fingerprint density at radius 3 is 2.38 bits per heavy atom. The molecule has 0 aromatic heterocycles. The Balaban J connectivity index is 1.32. The molecule has 6 nitrogen and oxygen atoms in total. The van der Waals surface area contributed by atoms with Gasteiger partial charge in [0.15, 0.2) is 5.78 Å². The number of anilines is 1. The highest BCUT2D eigenvalue weighted by atomic mass is 19.1. The minimum Gasteiger partial charge on any atom is -0.497 e. The summed E-state index contributed by atoms with van der Waals surface area (Å²) >= 11 is 0. The molecule has 1 aliphatic rings. The number of fused-ring (bicyclic) bond motifs is 1. The molecule has 1 aliphatic heterocycles. The Labute approximate surface area is 186 Å². The Morgan fingerprint density at radius 1 is 0.969 bits per heavy atom. The van der Waals surface area contributed by atoms with Crippen LogP contribution >= 0.6 is 0 Å². The van der Waals surface area contributed by atoms with Crippen LogP contribution in [0.3, 0.4) is 0 Å². The lowest BCUT2D eigenvalue weighted by atomic mass is 10.1. The molecule has 1 fully saturated rings. The van der Waals surface area contributed by atoms with Crippen molar-refractivity contribution >= 4 is 28.3 Å². The highest BCUT2D eigenvalue weighted by Crippen LogP contribution is 2.23. The van der Waals surface area contributed by atoms with Gasteiger partial charge in [-0.1, -0.05) is 18.2 Å². The van der Waals surface area contributed by atoms with Crippen LogP contribution in [0.1, 0.15) is 22.8 Å². The summed E-state index contributed by atoms with van der Waals surface area (Å²) in [7, 11) is 1.64. The zero-order valence-electron chi connectivity index (χ0n) is 18.2. The molecule has 3 aromatic carbocycles. The van der Waals surface area contributed by atoms with E-state index in [9.17, 15) is 14.0 Å². The van der Waals surface area contributed by atoms with Gasteiger partial charge in [-0.05, 0) is 59.7 Å². The standard InChI is InChI=1S/C25H26FN3O3/c1-17(30)19-6-8-24(23(26)15-19)28-9-11-29(12-10-28)25(31)27-16-18-3-4-21-14-22(32-2)7-5-20(21)13-18/h3-8,13-15H,9-12,16H2,1-2H3,(H,27,31). The van der Waals surface area contributed by atoms with Crippen LogP contribution in [0, 0.1) is 5.82 Å². The van der Waals surface area contributed by atoms with Gasteiger partial charge in [-0.2, -0.15) is 0 Å². The predicted octanol–water partition coefficient (Wildman–Crippen LogP) is 4.22. The first-order valence-electron chi connectivity index (χ1n) is 10.6. The Morgan fingerprint density at radius 2 is 1.69 bits per heavy atom. The number of nitrogens with one attached hydrogen (secondary N) is 1. The summed E-state index contributed by atoms with van der Waals surface area (Å²) < 4.78 is 19.7. The van der Waals surface area contributed by atoms with Crippen molar-refractivity contribution in [3.8, 4) is 5.75 Å². The largest absolute Gasteiger partial charge is 0.497 e. The minimum atomic E-state index is -0.412. The van der Waals surface area contributed by atoms with Crippen LogP contribution in [0.4, 0.5) is 14.9 Å².